The quantitative estimate of drug-likeness (QED) is 0.802. The van der Waals surface area contributed by atoms with Crippen molar-refractivity contribution in [2.24, 2.45) is 5.41 Å². The third-order valence-electron chi connectivity index (χ3n) is 5.59. The fraction of sp³-hybridized carbons (Fsp3) is 0.700. The molecule has 22 heavy (non-hydrogen) atoms. The van der Waals surface area contributed by atoms with Gasteiger partial charge in [-0.3, -0.25) is 0 Å². The van der Waals surface area contributed by atoms with Crippen LogP contribution in [0.3, 0.4) is 0 Å². The maximum Gasteiger partial charge on any atom is 0.115 e. The number of hydrogen-bond donors (Lipinski definition) is 1. The molecule has 0 radical (unpaired) electrons. The molecule has 2 heteroatoms. The molecular formula is C20H33NO. The van der Waals surface area contributed by atoms with E-state index in [-0.39, 0.29) is 5.41 Å². The van der Waals surface area contributed by atoms with Crippen molar-refractivity contribution in [1.29, 1.82) is 0 Å². The van der Waals surface area contributed by atoms with Gasteiger partial charge in [0.05, 0.1) is 0 Å². The lowest BCUT2D eigenvalue weighted by Gasteiger charge is -2.52. The molecule has 1 fully saturated rings. The van der Waals surface area contributed by atoms with E-state index in [2.05, 4.69) is 38.8 Å². The zero-order valence-corrected chi connectivity index (χ0v) is 14.9. The molecule has 1 aliphatic rings. The number of nitrogens with zero attached hydrogens (tertiary/aromatic N) is 1. The molecular weight excluding hydrogens is 270 g/mol. The normalized spacial score (nSPS) is 25.3. The lowest BCUT2D eigenvalue weighted by molar-refractivity contribution is 0.0266. The number of piperidine rings is 1. The van der Waals surface area contributed by atoms with Gasteiger partial charge in [-0.1, -0.05) is 45.7 Å². The molecule has 1 unspecified atom stereocenters. The van der Waals surface area contributed by atoms with Gasteiger partial charge in [-0.25, -0.2) is 0 Å². The summed E-state index contributed by atoms with van der Waals surface area (Å²) in [6, 6.07) is 7.99. The lowest BCUT2D eigenvalue weighted by Crippen LogP contribution is -2.53. The first kappa shape index (κ1) is 17.3. The number of phenols is 1. The Labute approximate surface area is 136 Å². The van der Waals surface area contributed by atoms with E-state index in [9.17, 15) is 5.11 Å². The van der Waals surface area contributed by atoms with Crippen LogP contribution >= 0.6 is 0 Å². The lowest BCUT2D eigenvalue weighted by atomic mass is 9.60. The summed E-state index contributed by atoms with van der Waals surface area (Å²) in [5, 5.41) is 9.94. The molecule has 0 bridgehead atoms. The standard InChI is InChI=1S/C20H33NO/c1-5-11-19(12-6-2)14-20(7-3,16-21(4)15-19)17-9-8-10-18(22)13-17/h8-10,13,22H,5-7,11-12,14-16H2,1-4H3. The summed E-state index contributed by atoms with van der Waals surface area (Å²) in [6.07, 6.45) is 7.53. The van der Waals surface area contributed by atoms with E-state index >= 15 is 0 Å². The van der Waals surface area contributed by atoms with Crippen LogP contribution in [0.4, 0.5) is 0 Å². The highest BCUT2D eigenvalue weighted by molar-refractivity contribution is 5.34. The molecule has 2 nitrogen and oxygen atoms in total. The summed E-state index contributed by atoms with van der Waals surface area (Å²) in [7, 11) is 2.27. The first-order valence-corrected chi connectivity index (χ1v) is 8.97. The molecule has 1 aromatic rings. The van der Waals surface area contributed by atoms with Crippen molar-refractivity contribution in [1.82, 2.24) is 4.90 Å². The van der Waals surface area contributed by atoms with Crippen LogP contribution < -0.4 is 0 Å². The minimum absolute atomic E-state index is 0.177. The maximum atomic E-state index is 9.94. The summed E-state index contributed by atoms with van der Waals surface area (Å²) >= 11 is 0. The fourth-order valence-electron chi connectivity index (χ4n) is 4.97. The van der Waals surface area contributed by atoms with Gasteiger partial charge >= 0.3 is 0 Å². The Morgan fingerprint density at radius 3 is 2.32 bits per heavy atom. The van der Waals surface area contributed by atoms with E-state index < -0.39 is 0 Å². The molecule has 0 saturated carbocycles. The highest BCUT2D eigenvalue weighted by Crippen LogP contribution is 2.49. The first-order chi connectivity index (χ1) is 10.5. The largest absolute Gasteiger partial charge is 0.508 e. The van der Waals surface area contributed by atoms with E-state index in [0.717, 1.165) is 13.0 Å². The van der Waals surface area contributed by atoms with Crippen LogP contribution in [-0.2, 0) is 5.41 Å². The molecule has 1 aliphatic heterocycles. The third kappa shape index (κ3) is 3.48. The van der Waals surface area contributed by atoms with Crippen LogP contribution in [0.2, 0.25) is 0 Å². The Hall–Kier alpha value is -1.02. The molecule has 0 aliphatic carbocycles. The van der Waals surface area contributed by atoms with Crippen molar-refractivity contribution in [3.63, 3.8) is 0 Å². The highest BCUT2D eigenvalue weighted by atomic mass is 16.3. The van der Waals surface area contributed by atoms with Gasteiger partial charge in [0, 0.05) is 18.5 Å². The van der Waals surface area contributed by atoms with Gasteiger partial charge in [-0.05, 0) is 55.8 Å². The van der Waals surface area contributed by atoms with Crippen molar-refractivity contribution >= 4 is 0 Å². The van der Waals surface area contributed by atoms with Crippen molar-refractivity contribution in [2.75, 3.05) is 20.1 Å². The molecule has 1 aromatic carbocycles. The smallest absolute Gasteiger partial charge is 0.115 e. The number of hydrogen-bond acceptors (Lipinski definition) is 2. The van der Waals surface area contributed by atoms with Crippen LogP contribution in [0.5, 0.6) is 5.75 Å². The first-order valence-electron chi connectivity index (χ1n) is 8.97. The van der Waals surface area contributed by atoms with E-state index in [1.165, 1.54) is 44.2 Å². The number of likely N-dealkylation sites (tertiary alicyclic amines) is 1. The van der Waals surface area contributed by atoms with Gasteiger partial charge < -0.3 is 10.0 Å². The number of rotatable bonds is 6. The molecule has 1 saturated heterocycles. The van der Waals surface area contributed by atoms with Gasteiger partial charge in [0.2, 0.25) is 0 Å². The molecule has 1 N–H and O–H groups in total. The van der Waals surface area contributed by atoms with Gasteiger partial charge in [0.15, 0.2) is 0 Å². The summed E-state index contributed by atoms with van der Waals surface area (Å²) in [4.78, 5) is 2.53. The van der Waals surface area contributed by atoms with E-state index in [4.69, 9.17) is 0 Å². The average molecular weight is 303 g/mol. The van der Waals surface area contributed by atoms with Crippen LogP contribution in [0.1, 0.15) is 64.9 Å². The fourth-order valence-corrected chi connectivity index (χ4v) is 4.97. The minimum Gasteiger partial charge on any atom is -0.508 e. The predicted octanol–water partition coefficient (Wildman–Crippen LogP) is 4.96. The average Bonchev–Trinajstić information content (AvgIpc) is 2.47. The minimum atomic E-state index is 0.177. The summed E-state index contributed by atoms with van der Waals surface area (Å²) < 4.78 is 0. The summed E-state index contributed by atoms with van der Waals surface area (Å²) in [5.74, 6) is 0.398. The van der Waals surface area contributed by atoms with Crippen LogP contribution in [0, 0.1) is 5.41 Å². The Morgan fingerprint density at radius 2 is 1.77 bits per heavy atom. The monoisotopic (exact) mass is 303 g/mol. The summed E-state index contributed by atoms with van der Waals surface area (Å²) in [6.45, 7) is 9.26. The van der Waals surface area contributed by atoms with Gasteiger partial charge in [-0.15, -0.1) is 0 Å². The number of benzene rings is 1. The maximum absolute atomic E-state index is 9.94. The van der Waals surface area contributed by atoms with Crippen molar-refractivity contribution < 1.29 is 5.11 Å². The molecule has 1 heterocycles. The van der Waals surface area contributed by atoms with Crippen LogP contribution in [0.25, 0.3) is 0 Å². The number of likely N-dealkylation sites (N-methyl/N-ethyl adjacent to an activating group) is 1. The molecule has 0 amide bonds. The predicted molar refractivity (Wildman–Crippen MR) is 94.4 cm³/mol. The second kappa shape index (κ2) is 7.04. The Balaban J connectivity index is 2.41. The van der Waals surface area contributed by atoms with Crippen molar-refractivity contribution in [3.8, 4) is 5.75 Å². The van der Waals surface area contributed by atoms with Gasteiger partial charge in [0.25, 0.3) is 0 Å². The zero-order valence-electron chi connectivity index (χ0n) is 14.9. The Bertz CT molecular complexity index is 478. The van der Waals surface area contributed by atoms with E-state index in [0.29, 0.717) is 11.2 Å². The molecule has 0 spiro atoms. The Kier molecular flexibility index (Phi) is 5.55. The molecule has 2 rings (SSSR count). The SMILES string of the molecule is CCCC1(CCC)CN(C)CC(CC)(c2cccc(O)c2)C1. The summed E-state index contributed by atoms with van der Waals surface area (Å²) in [5.41, 5.74) is 1.92. The van der Waals surface area contributed by atoms with Crippen molar-refractivity contribution in [2.45, 2.75) is 64.7 Å². The van der Waals surface area contributed by atoms with Crippen LogP contribution in [-0.4, -0.2) is 30.1 Å². The van der Waals surface area contributed by atoms with Crippen LogP contribution in [0.15, 0.2) is 24.3 Å². The third-order valence-corrected chi connectivity index (χ3v) is 5.59. The molecule has 1 atom stereocenters. The zero-order chi connectivity index (χ0) is 16.2. The van der Waals surface area contributed by atoms with Gasteiger partial charge in [-0.2, -0.15) is 0 Å². The molecule has 0 aromatic heterocycles. The second-order valence-electron chi connectivity index (χ2n) is 7.53. The van der Waals surface area contributed by atoms with Gasteiger partial charge in [0.1, 0.15) is 5.75 Å². The Morgan fingerprint density at radius 1 is 1.09 bits per heavy atom. The van der Waals surface area contributed by atoms with E-state index in [1.54, 1.807) is 6.07 Å². The topological polar surface area (TPSA) is 23.5 Å². The van der Waals surface area contributed by atoms with Crippen molar-refractivity contribution in [3.05, 3.63) is 29.8 Å². The second-order valence-corrected chi connectivity index (χ2v) is 7.53. The highest BCUT2D eigenvalue weighted by Gasteiger charge is 2.45. The number of aromatic hydroxyl groups is 1. The van der Waals surface area contributed by atoms with E-state index in [1.807, 2.05) is 12.1 Å². The number of phenolic OH excluding ortho intramolecular Hbond substituents is 1. The molecule has 124 valence electrons.